The van der Waals surface area contributed by atoms with Gasteiger partial charge in [-0.15, -0.1) is 0 Å². The molecule has 0 radical (unpaired) electrons. The van der Waals surface area contributed by atoms with Gasteiger partial charge in [0, 0.05) is 17.5 Å². The zero-order valence-corrected chi connectivity index (χ0v) is 12.8. The minimum Gasteiger partial charge on any atom is -0.367 e. The molecule has 1 atom stereocenters. The van der Waals surface area contributed by atoms with E-state index in [0.29, 0.717) is 12.0 Å². The van der Waals surface area contributed by atoms with Crippen LogP contribution >= 0.6 is 0 Å². The first-order valence-corrected chi connectivity index (χ1v) is 7.99. The SMILES string of the molecule is CCC1C=C(C)c2c(NC3CCC(C)CC3)ncnc21. The molecule has 0 aromatic carbocycles. The van der Waals surface area contributed by atoms with Gasteiger partial charge in [0.1, 0.15) is 12.1 Å². The Kier molecular flexibility index (Phi) is 3.77. The van der Waals surface area contributed by atoms with E-state index in [0.717, 1.165) is 18.2 Å². The Morgan fingerprint density at radius 1 is 1.20 bits per heavy atom. The van der Waals surface area contributed by atoms with Crippen LogP contribution < -0.4 is 5.32 Å². The minimum atomic E-state index is 0.472. The Morgan fingerprint density at radius 2 is 1.95 bits per heavy atom. The number of rotatable bonds is 3. The lowest BCUT2D eigenvalue weighted by molar-refractivity contribution is 0.360. The van der Waals surface area contributed by atoms with Gasteiger partial charge in [0.25, 0.3) is 0 Å². The van der Waals surface area contributed by atoms with E-state index in [4.69, 9.17) is 0 Å². The van der Waals surface area contributed by atoms with Gasteiger partial charge in [-0.3, -0.25) is 0 Å². The van der Waals surface area contributed by atoms with E-state index >= 15 is 0 Å². The summed E-state index contributed by atoms with van der Waals surface area (Å²) in [5.41, 5.74) is 3.81. The van der Waals surface area contributed by atoms with Gasteiger partial charge < -0.3 is 5.32 Å². The lowest BCUT2D eigenvalue weighted by Crippen LogP contribution is -2.26. The van der Waals surface area contributed by atoms with Gasteiger partial charge in [0.2, 0.25) is 0 Å². The zero-order valence-electron chi connectivity index (χ0n) is 12.8. The molecule has 2 aliphatic carbocycles. The van der Waals surface area contributed by atoms with Gasteiger partial charge in [-0.25, -0.2) is 9.97 Å². The molecular formula is C17H25N3. The molecule has 1 unspecified atom stereocenters. The van der Waals surface area contributed by atoms with E-state index in [1.165, 1.54) is 42.5 Å². The first-order valence-electron chi connectivity index (χ1n) is 7.99. The third-order valence-electron chi connectivity index (χ3n) is 4.87. The molecule has 3 nitrogen and oxygen atoms in total. The first-order chi connectivity index (χ1) is 9.69. The van der Waals surface area contributed by atoms with Gasteiger partial charge >= 0.3 is 0 Å². The van der Waals surface area contributed by atoms with Gasteiger partial charge in [-0.1, -0.05) is 19.9 Å². The van der Waals surface area contributed by atoms with E-state index in [1.807, 2.05) is 0 Å². The summed E-state index contributed by atoms with van der Waals surface area (Å²) >= 11 is 0. The Hall–Kier alpha value is -1.38. The molecular weight excluding hydrogens is 246 g/mol. The Labute approximate surface area is 121 Å². The summed E-state index contributed by atoms with van der Waals surface area (Å²) in [6.45, 7) is 6.77. The molecule has 1 saturated carbocycles. The highest BCUT2D eigenvalue weighted by Crippen LogP contribution is 2.39. The van der Waals surface area contributed by atoms with Gasteiger partial charge in [0.05, 0.1) is 5.69 Å². The molecule has 1 heterocycles. The van der Waals surface area contributed by atoms with Crippen LogP contribution in [0.5, 0.6) is 0 Å². The number of aromatic nitrogens is 2. The van der Waals surface area contributed by atoms with Crippen LogP contribution in [0.3, 0.4) is 0 Å². The normalized spacial score (nSPS) is 28.9. The van der Waals surface area contributed by atoms with Gasteiger partial charge in [0.15, 0.2) is 0 Å². The highest BCUT2D eigenvalue weighted by molar-refractivity contribution is 5.79. The van der Waals surface area contributed by atoms with Gasteiger partial charge in [-0.2, -0.15) is 0 Å². The van der Waals surface area contributed by atoms with E-state index in [9.17, 15) is 0 Å². The van der Waals surface area contributed by atoms with Crippen molar-refractivity contribution in [3.8, 4) is 0 Å². The third-order valence-corrected chi connectivity index (χ3v) is 4.87. The molecule has 0 saturated heterocycles. The lowest BCUT2D eigenvalue weighted by Gasteiger charge is -2.28. The molecule has 2 aliphatic rings. The molecule has 108 valence electrons. The van der Waals surface area contributed by atoms with E-state index in [1.54, 1.807) is 6.33 Å². The van der Waals surface area contributed by atoms with Gasteiger partial charge in [-0.05, 0) is 50.5 Å². The van der Waals surface area contributed by atoms with Crippen molar-refractivity contribution in [3.63, 3.8) is 0 Å². The molecule has 1 aromatic heterocycles. The average molecular weight is 271 g/mol. The summed E-state index contributed by atoms with van der Waals surface area (Å²) in [5.74, 6) is 2.41. The predicted octanol–water partition coefficient (Wildman–Crippen LogP) is 4.38. The number of allylic oxidation sites excluding steroid dienone is 2. The van der Waals surface area contributed by atoms with Crippen molar-refractivity contribution in [2.45, 2.75) is 64.8 Å². The number of hydrogen-bond acceptors (Lipinski definition) is 3. The largest absolute Gasteiger partial charge is 0.367 e. The van der Waals surface area contributed by atoms with Crippen LogP contribution in [-0.2, 0) is 0 Å². The second-order valence-electron chi connectivity index (χ2n) is 6.45. The summed E-state index contributed by atoms with van der Waals surface area (Å²) in [6, 6.07) is 0.582. The molecule has 0 bridgehead atoms. The van der Waals surface area contributed by atoms with Crippen molar-refractivity contribution in [3.05, 3.63) is 23.7 Å². The fourth-order valence-electron chi connectivity index (χ4n) is 3.55. The van der Waals surface area contributed by atoms with E-state index in [-0.39, 0.29) is 0 Å². The second-order valence-corrected chi connectivity index (χ2v) is 6.45. The van der Waals surface area contributed by atoms with E-state index < -0.39 is 0 Å². The summed E-state index contributed by atoms with van der Waals surface area (Å²) < 4.78 is 0. The van der Waals surface area contributed by atoms with Crippen LogP contribution in [0.1, 0.15) is 70.1 Å². The molecule has 20 heavy (non-hydrogen) atoms. The Bertz CT molecular complexity index is 513. The summed E-state index contributed by atoms with van der Waals surface area (Å²) in [7, 11) is 0. The monoisotopic (exact) mass is 271 g/mol. The maximum absolute atomic E-state index is 4.52. The molecule has 0 spiro atoms. The summed E-state index contributed by atoms with van der Waals surface area (Å²) in [5, 5.41) is 3.68. The number of anilines is 1. The summed E-state index contributed by atoms with van der Waals surface area (Å²) in [6.07, 6.45) is 10.4. The number of hydrogen-bond donors (Lipinski definition) is 1. The highest BCUT2D eigenvalue weighted by Gasteiger charge is 2.26. The van der Waals surface area contributed by atoms with Crippen molar-refractivity contribution >= 4 is 11.4 Å². The molecule has 3 heteroatoms. The van der Waals surface area contributed by atoms with Crippen molar-refractivity contribution in [1.82, 2.24) is 9.97 Å². The first kappa shape index (κ1) is 13.6. The number of fused-ring (bicyclic) bond motifs is 1. The molecule has 0 aliphatic heterocycles. The quantitative estimate of drug-likeness (QED) is 0.886. The Morgan fingerprint density at radius 3 is 2.65 bits per heavy atom. The average Bonchev–Trinajstić information content (AvgIpc) is 2.79. The minimum absolute atomic E-state index is 0.472. The predicted molar refractivity (Wildman–Crippen MR) is 83.8 cm³/mol. The van der Waals surface area contributed by atoms with Crippen molar-refractivity contribution in [2.24, 2.45) is 5.92 Å². The molecule has 0 amide bonds. The highest BCUT2D eigenvalue weighted by atomic mass is 15.0. The van der Waals surface area contributed by atoms with Crippen LogP contribution in [0.4, 0.5) is 5.82 Å². The van der Waals surface area contributed by atoms with Crippen molar-refractivity contribution in [1.29, 1.82) is 0 Å². The number of nitrogens with one attached hydrogen (secondary N) is 1. The third kappa shape index (κ3) is 2.46. The molecule has 1 N–H and O–H groups in total. The Balaban J connectivity index is 1.82. The maximum Gasteiger partial charge on any atom is 0.137 e. The molecule has 1 fully saturated rings. The van der Waals surface area contributed by atoms with Crippen LogP contribution in [0, 0.1) is 5.92 Å². The lowest BCUT2D eigenvalue weighted by atomic mass is 9.87. The smallest absolute Gasteiger partial charge is 0.137 e. The van der Waals surface area contributed by atoms with Crippen LogP contribution in [-0.4, -0.2) is 16.0 Å². The van der Waals surface area contributed by atoms with Crippen molar-refractivity contribution in [2.75, 3.05) is 5.32 Å². The van der Waals surface area contributed by atoms with E-state index in [2.05, 4.69) is 42.1 Å². The van der Waals surface area contributed by atoms with Crippen molar-refractivity contribution < 1.29 is 0 Å². The van der Waals surface area contributed by atoms with Crippen LogP contribution in [0.15, 0.2) is 12.4 Å². The second kappa shape index (κ2) is 5.55. The zero-order chi connectivity index (χ0) is 14.1. The summed E-state index contributed by atoms with van der Waals surface area (Å²) in [4.78, 5) is 9.04. The molecule has 1 aromatic rings. The van der Waals surface area contributed by atoms with Crippen LogP contribution in [0.25, 0.3) is 5.57 Å². The van der Waals surface area contributed by atoms with Crippen LogP contribution in [0.2, 0.25) is 0 Å². The fraction of sp³-hybridized carbons (Fsp3) is 0.647. The standard InChI is InChI=1S/C17H25N3/c1-4-13-9-12(3)15-16(13)18-10-19-17(15)20-14-7-5-11(2)6-8-14/h9-11,13-14H,4-8H2,1-3H3,(H,18,19,20). The number of nitrogens with zero attached hydrogens (tertiary/aromatic N) is 2. The fourth-order valence-corrected chi connectivity index (χ4v) is 3.55. The molecule has 3 rings (SSSR count). The maximum atomic E-state index is 4.52. The topological polar surface area (TPSA) is 37.8 Å².